The summed E-state index contributed by atoms with van der Waals surface area (Å²) in [6.07, 6.45) is 7.22. The first-order valence-electron chi connectivity index (χ1n) is 7.38. The Labute approximate surface area is 114 Å². The highest BCUT2D eigenvalue weighted by Crippen LogP contribution is 2.35. The summed E-state index contributed by atoms with van der Waals surface area (Å²) < 4.78 is 5.49. The van der Waals surface area contributed by atoms with E-state index in [2.05, 4.69) is 0 Å². The fourth-order valence-corrected chi connectivity index (χ4v) is 3.50. The van der Waals surface area contributed by atoms with Gasteiger partial charge in [-0.1, -0.05) is 31.0 Å². The molecule has 1 aromatic rings. The van der Waals surface area contributed by atoms with Crippen molar-refractivity contribution in [3.8, 4) is 5.75 Å². The van der Waals surface area contributed by atoms with Gasteiger partial charge in [-0.05, 0) is 43.7 Å². The fourth-order valence-electron chi connectivity index (χ4n) is 3.50. The smallest absolute Gasteiger partial charge is 0.410 e. The van der Waals surface area contributed by atoms with E-state index < -0.39 is 0 Å². The topological polar surface area (TPSA) is 29.5 Å². The van der Waals surface area contributed by atoms with E-state index in [1.54, 1.807) is 0 Å². The van der Waals surface area contributed by atoms with Gasteiger partial charge in [0.15, 0.2) is 0 Å². The van der Waals surface area contributed by atoms with Crippen LogP contribution in [0.4, 0.5) is 4.79 Å². The maximum atomic E-state index is 12.3. The van der Waals surface area contributed by atoms with Crippen molar-refractivity contribution in [2.45, 2.75) is 44.6 Å². The van der Waals surface area contributed by atoms with Crippen LogP contribution in [0.2, 0.25) is 0 Å². The average Bonchev–Trinajstić information content (AvgIpc) is 2.47. The van der Waals surface area contributed by atoms with Crippen LogP contribution in [0.5, 0.6) is 5.75 Å². The summed E-state index contributed by atoms with van der Waals surface area (Å²) >= 11 is 0. The lowest BCUT2D eigenvalue weighted by Gasteiger charge is -2.43. The highest BCUT2D eigenvalue weighted by Gasteiger charge is 2.36. The summed E-state index contributed by atoms with van der Waals surface area (Å²) in [5, 5.41) is 0. The zero-order valence-electron chi connectivity index (χ0n) is 11.3. The number of likely N-dealkylation sites (tertiary alicyclic amines) is 1. The van der Waals surface area contributed by atoms with E-state index in [-0.39, 0.29) is 6.09 Å². The summed E-state index contributed by atoms with van der Waals surface area (Å²) in [7, 11) is 0. The molecule has 102 valence electrons. The lowest BCUT2D eigenvalue weighted by atomic mass is 9.78. The highest BCUT2D eigenvalue weighted by atomic mass is 16.6. The minimum absolute atomic E-state index is 0.164. The van der Waals surface area contributed by atoms with Gasteiger partial charge in [0.2, 0.25) is 0 Å². The van der Waals surface area contributed by atoms with Crippen LogP contribution >= 0.6 is 0 Å². The van der Waals surface area contributed by atoms with Crippen molar-refractivity contribution in [3.63, 3.8) is 0 Å². The van der Waals surface area contributed by atoms with E-state index >= 15 is 0 Å². The van der Waals surface area contributed by atoms with Gasteiger partial charge >= 0.3 is 6.09 Å². The predicted molar refractivity (Wildman–Crippen MR) is 74.2 cm³/mol. The van der Waals surface area contributed by atoms with E-state index in [9.17, 15) is 4.79 Å². The molecule has 0 aromatic heterocycles. The summed E-state index contributed by atoms with van der Waals surface area (Å²) in [4.78, 5) is 14.3. The third-order valence-electron chi connectivity index (χ3n) is 4.43. The molecule has 19 heavy (non-hydrogen) atoms. The third-order valence-corrected chi connectivity index (χ3v) is 4.43. The second kappa shape index (κ2) is 5.64. The lowest BCUT2D eigenvalue weighted by molar-refractivity contribution is 0.0618. The Bertz CT molecular complexity index is 430. The standard InChI is InChI=1S/C16H21NO2/c18-16(19-14-9-2-1-3-10-14)17-12-6-8-13-7-4-5-11-15(13)17/h1-3,9-10,13,15H,4-8,11-12H2. The lowest BCUT2D eigenvalue weighted by Crippen LogP contribution is -2.50. The first kappa shape index (κ1) is 12.5. The van der Waals surface area contributed by atoms with Gasteiger partial charge in [-0.25, -0.2) is 4.79 Å². The maximum Gasteiger partial charge on any atom is 0.415 e. The predicted octanol–water partition coefficient (Wildman–Crippen LogP) is 3.84. The van der Waals surface area contributed by atoms with Gasteiger partial charge in [0, 0.05) is 12.6 Å². The summed E-state index contributed by atoms with van der Waals surface area (Å²) in [5.74, 6) is 1.34. The number of ether oxygens (including phenoxy) is 1. The van der Waals surface area contributed by atoms with E-state index in [1.165, 1.54) is 25.7 Å². The molecule has 1 aromatic carbocycles. The average molecular weight is 259 g/mol. The molecule has 1 heterocycles. The molecule has 1 aliphatic heterocycles. The molecule has 3 nitrogen and oxygen atoms in total. The molecular formula is C16H21NO2. The molecule has 0 N–H and O–H groups in total. The Hall–Kier alpha value is -1.51. The Balaban J connectivity index is 1.68. The van der Waals surface area contributed by atoms with E-state index in [0.717, 1.165) is 19.4 Å². The minimum atomic E-state index is -0.164. The second-order valence-electron chi connectivity index (χ2n) is 5.63. The second-order valence-corrected chi connectivity index (χ2v) is 5.63. The molecule has 2 unspecified atom stereocenters. The molecule has 3 rings (SSSR count). The number of benzene rings is 1. The number of amides is 1. The minimum Gasteiger partial charge on any atom is -0.410 e. The third kappa shape index (κ3) is 2.75. The Morgan fingerprint density at radius 1 is 1.05 bits per heavy atom. The van der Waals surface area contributed by atoms with Crippen LogP contribution in [0.25, 0.3) is 0 Å². The van der Waals surface area contributed by atoms with E-state index in [4.69, 9.17) is 4.74 Å². The quantitative estimate of drug-likeness (QED) is 0.767. The molecule has 0 radical (unpaired) electrons. The van der Waals surface area contributed by atoms with Gasteiger partial charge in [-0.3, -0.25) is 0 Å². The zero-order chi connectivity index (χ0) is 13.1. The normalized spacial score (nSPS) is 26.6. The molecule has 1 saturated heterocycles. The number of hydrogen-bond donors (Lipinski definition) is 0. The van der Waals surface area contributed by atoms with Crippen LogP contribution in [0.3, 0.4) is 0 Å². The Morgan fingerprint density at radius 2 is 1.79 bits per heavy atom. The molecule has 2 atom stereocenters. The van der Waals surface area contributed by atoms with Crippen molar-refractivity contribution >= 4 is 6.09 Å². The van der Waals surface area contributed by atoms with Crippen molar-refractivity contribution in [3.05, 3.63) is 30.3 Å². The van der Waals surface area contributed by atoms with Crippen LogP contribution in [0.1, 0.15) is 38.5 Å². The van der Waals surface area contributed by atoms with Gasteiger partial charge < -0.3 is 9.64 Å². The van der Waals surface area contributed by atoms with Gasteiger partial charge in [0.1, 0.15) is 5.75 Å². The number of hydrogen-bond acceptors (Lipinski definition) is 2. The SMILES string of the molecule is O=C(Oc1ccccc1)N1CCCC2CCCCC21. The zero-order valence-corrected chi connectivity index (χ0v) is 11.3. The van der Waals surface area contributed by atoms with Gasteiger partial charge in [0.05, 0.1) is 0 Å². The van der Waals surface area contributed by atoms with Crippen molar-refractivity contribution in [2.24, 2.45) is 5.92 Å². The molecule has 2 aliphatic rings. The number of fused-ring (bicyclic) bond motifs is 1. The maximum absolute atomic E-state index is 12.3. The molecule has 1 amide bonds. The molecule has 0 spiro atoms. The van der Waals surface area contributed by atoms with E-state index in [0.29, 0.717) is 17.7 Å². The van der Waals surface area contributed by atoms with Crippen molar-refractivity contribution < 1.29 is 9.53 Å². The van der Waals surface area contributed by atoms with Crippen molar-refractivity contribution in [1.82, 2.24) is 4.90 Å². The number of carbonyl (C=O) groups is 1. The first-order valence-corrected chi connectivity index (χ1v) is 7.38. The number of nitrogens with zero attached hydrogens (tertiary/aromatic N) is 1. The molecule has 3 heteroatoms. The van der Waals surface area contributed by atoms with Gasteiger partial charge in [0.25, 0.3) is 0 Å². The van der Waals surface area contributed by atoms with Crippen LogP contribution in [0.15, 0.2) is 30.3 Å². The molecule has 0 bridgehead atoms. The Morgan fingerprint density at radius 3 is 2.63 bits per heavy atom. The molecule has 2 fully saturated rings. The van der Waals surface area contributed by atoms with Gasteiger partial charge in [-0.2, -0.15) is 0 Å². The monoisotopic (exact) mass is 259 g/mol. The number of para-hydroxylation sites is 1. The van der Waals surface area contributed by atoms with Gasteiger partial charge in [-0.15, -0.1) is 0 Å². The largest absolute Gasteiger partial charge is 0.415 e. The molecular weight excluding hydrogens is 238 g/mol. The van der Waals surface area contributed by atoms with Crippen LogP contribution in [0, 0.1) is 5.92 Å². The molecule has 1 saturated carbocycles. The van der Waals surface area contributed by atoms with Crippen LogP contribution in [-0.4, -0.2) is 23.6 Å². The number of rotatable bonds is 1. The first-order chi connectivity index (χ1) is 9.34. The number of carbonyl (C=O) groups excluding carboxylic acids is 1. The fraction of sp³-hybridized carbons (Fsp3) is 0.562. The summed E-state index contributed by atoms with van der Waals surface area (Å²) in [6, 6.07) is 9.79. The number of piperidine rings is 1. The Kier molecular flexibility index (Phi) is 3.72. The van der Waals surface area contributed by atoms with Crippen molar-refractivity contribution in [2.75, 3.05) is 6.54 Å². The summed E-state index contributed by atoms with van der Waals surface area (Å²) in [5.41, 5.74) is 0. The van der Waals surface area contributed by atoms with Crippen molar-refractivity contribution in [1.29, 1.82) is 0 Å². The van der Waals surface area contributed by atoms with Crippen LogP contribution < -0.4 is 4.74 Å². The van der Waals surface area contributed by atoms with E-state index in [1.807, 2.05) is 35.2 Å². The van der Waals surface area contributed by atoms with Crippen LogP contribution in [-0.2, 0) is 0 Å². The highest BCUT2D eigenvalue weighted by molar-refractivity contribution is 5.71. The molecule has 1 aliphatic carbocycles. The summed E-state index contributed by atoms with van der Waals surface area (Å²) in [6.45, 7) is 0.854.